The first-order valence-electron chi connectivity index (χ1n) is 15.6. The number of ether oxygens (including phenoxy) is 2. The van der Waals surface area contributed by atoms with E-state index < -0.39 is 46.9 Å². The number of carbonyl (C=O) groups is 4. The van der Waals surface area contributed by atoms with Crippen molar-refractivity contribution in [3.8, 4) is 10.4 Å². The Labute approximate surface area is 269 Å². The number of nitrogens with zero attached hydrogens (tertiary/aromatic N) is 2. The number of aryl methyl sites for hydroxylation is 1. The van der Waals surface area contributed by atoms with Crippen molar-refractivity contribution in [2.45, 2.75) is 96.9 Å². The number of benzene rings is 1. The number of amides is 3. The van der Waals surface area contributed by atoms with Gasteiger partial charge in [-0.25, -0.2) is 4.98 Å². The Bertz CT molecular complexity index is 1350. The molecule has 45 heavy (non-hydrogen) atoms. The molecule has 1 aromatic heterocycles. The number of unbranched alkanes of at least 4 members (excludes halogenated alkanes) is 2. The molecule has 246 valence electrons. The molecule has 3 atom stereocenters. The van der Waals surface area contributed by atoms with Gasteiger partial charge >= 0.3 is 5.97 Å². The van der Waals surface area contributed by atoms with Gasteiger partial charge in [0.2, 0.25) is 17.7 Å². The molecule has 1 saturated carbocycles. The Morgan fingerprint density at radius 2 is 1.84 bits per heavy atom. The lowest BCUT2D eigenvalue weighted by molar-refractivity contribution is -0.147. The van der Waals surface area contributed by atoms with Gasteiger partial charge in [-0.05, 0) is 55.6 Å². The van der Waals surface area contributed by atoms with Crippen LogP contribution in [-0.2, 0) is 34.2 Å². The molecule has 1 saturated heterocycles. The summed E-state index contributed by atoms with van der Waals surface area (Å²) in [5, 5.41) is 14.9. The highest BCUT2D eigenvalue weighted by Crippen LogP contribution is 2.46. The topological polar surface area (TPSA) is 147 Å². The average Bonchev–Trinajstić information content (AvgIpc) is 3.43. The summed E-state index contributed by atoms with van der Waals surface area (Å²) < 4.78 is 10.9. The van der Waals surface area contributed by atoms with Crippen LogP contribution in [0.3, 0.4) is 0 Å². The summed E-state index contributed by atoms with van der Waals surface area (Å²) in [4.78, 5) is 59.5. The lowest BCUT2D eigenvalue weighted by Gasteiger charge is -2.35. The van der Waals surface area contributed by atoms with Crippen molar-refractivity contribution >= 4 is 35.0 Å². The summed E-state index contributed by atoms with van der Waals surface area (Å²) in [5.41, 5.74) is 3.65. The Balaban J connectivity index is 1.46. The number of esters is 1. The highest BCUT2D eigenvalue weighted by atomic mass is 32.1. The molecule has 12 heteroatoms. The highest BCUT2D eigenvalue weighted by molar-refractivity contribution is 7.13. The van der Waals surface area contributed by atoms with E-state index in [4.69, 9.17) is 14.6 Å². The SMILES string of the molecule is CC(=O)O[C@@H]1CC(C(=O)NC2(c3ccc(-c4scnc4C)cc3)CC2)N(C(=O)[C@@H](NC(=O)COCCCCCO)C(C)(C)C)C1. The third-order valence-electron chi connectivity index (χ3n) is 8.34. The molecule has 2 aliphatic rings. The van der Waals surface area contributed by atoms with Crippen LogP contribution in [0, 0.1) is 12.3 Å². The number of hydrogen-bond acceptors (Lipinski definition) is 9. The summed E-state index contributed by atoms with van der Waals surface area (Å²) in [6.45, 7) is 9.15. The maximum absolute atomic E-state index is 14.1. The van der Waals surface area contributed by atoms with Crippen molar-refractivity contribution in [1.82, 2.24) is 20.5 Å². The molecular weight excluding hydrogens is 596 g/mol. The number of carbonyl (C=O) groups excluding carboxylic acids is 4. The van der Waals surface area contributed by atoms with Crippen molar-refractivity contribution in [1.29, 1.82) is 0 Å². The number of aliphatic hydroxyl groups excluding tert-OH is 1. The normalized spacial score (nSPS) is 19.6. The van der Waals surface area contributed by atoms with Gasteiger partial charge in [0.15, 0.2) is 0 Å². The molecule has 4 rings (SSSR count). The van der Waals surface area contributed by atoms with Gasteiger partial charge in [0.1, 0.15) is 24.8 Å². The summed E-state index contributed by atoms with van der Waals surface area (Å²) in [7, 11) is 0. The van der Waals surface area contributed by atoms with E-state index in [1.54, 1.807) is 11.3 Å². The van der Waals surface area contributed by atoms with E-state index >= 15 is 0 Å². The number of hydrogen-bond donors (Lipinski definition) is 3. The monoisotopic (exact) mass is 642 g/mol. The van der Waals surface area contributed by atoms with Crippen LogP contribution in [0.4, 0.5) is 0 Å². The molecule has 1 aliphatic carbocycles. The molecule has 11 nitrogen and oxygen atoms in total. The minimum Gasteiger partial charge on any atom is -0.461 e. The van der Waals surface area contributed by atoms with Gasteiger partial charge in [-0.1, -0.05) is 45.0 Å². The van der Waals surface area contributed by atoms with E-state index in [9.17, 15) is 19.2 Å². The molecule has 1 unspecified atom stereocenters. The first-order valence-corrected chi connectivity index (χ1v) is 16.5. The van der Waals surface area contributed by atoms with Crippen LogP contribution in [0.2, 0.25) is 0 Å². The number of likely N-dealkylation sites (tertiary alicyclic amines) is 1. The molecular formula is C33H46N4O7S. The second-order valence-electron chi connectivity index (χ2n) is 13.1. The Morgan fingerprint density at radius 3 is 2.42 bits per heavy atom. The van der Waals surface area contributed by atoms with Crippen molar-refractivity contribution in [2.75, 3.05) is 26.4 Å². The van der Waals surface area contributed by atoms with Gasteiger partial charge in [-0.2, -0.15) is 0 Å². The van der Waals surface area contributed by atoms with Crippen molar-refractivity contribution in [3.63, 3.8) is 0 Å². The Morgan fingerprint density at radius 1 is 1.13 bits per heavy atom. The summed E-state index contributed by atoms with van der Waals surface area (Å²) >= 11 is 1.59. The zero-order valence-corrected chi connectivity index (χ0v) is 27.7. The average molecular weight is 643 g/mol. The fourth-order valence-electron chi connectivity index (χ4n) is 5.73. The third kappa shape index (κ3) is 8.89. The van der Waals surface area contributed by atoms with E-state index in [1.807, 2.05) is 57.5 Å². The number of rotatable bonds is 14. The molecule has 2 heterocycles. The molecule has 1 aromatic carbocycles. The van der Waals surface area contributed by atoms with Crippen LogP contribution < -0.4 is 10.6 Å². The number of nitrogens with one attached hydrogen (secondary N) is 2. The van der Waals surface area contributed by atoms with Crippen LogP contribution in [0.25, 0.3) is 10.4 Å². The lowest BCUT2D eigenvalue weighted by Crippen LogP contribution is -2.58. The van der Waals surface area contributed by atoms with Gasteiger partial charge in [0.05, 0.1) is 28.2 Å². The van der Waals surface area contributed by atoms with E-state index in [-0.39, 0.29) is 32.1 Å². The zero-order valence-electron chi connectivity index (χ0n) is 26.9. The van der Waals surface area contributed by atoms with Gasteiger partial charge in [-0.3, -0.25) is 19.2 Å². The van der Waals surface area contributed by atoms with Crippen LogP contribution in [0.5, 0.6) is 0 Å². The predicted octanol–water partition coefficient (Wildman–Crippen LogP) is 3.47. The first-order chi connectivity index (χ1) is 21.3. The standard InChI is InChI=1S/C33H46N4O7S/c1-21-28(45-20-34-21)23-9-11-24(12-10-23)33(13-14-33)36-30(41)26-17-25(44-22(2)39)18-37(26)31(42)29(32(3,4)5)35-27(40)19-43-16-8-6-7-15-38/h9-12,20,25-26,29,38H,6-8,13-19H2,1-5H3,(H,35,40)(H,36,41)/t25-,26?,29-/m1/s1. The van der Waals surface area contributed by atoms with Crippen molar-refractivity contribution in [3.05, 3.63) is 41.0 Å². The van der Waals surface area contributed by atoms with E-state index in [1.165, 1.54) is 11.8 Å². The summed E-state index contributed by atoms with van der Waals surface area (Å²) in [5.74, 6) is -1.65. The first kappa shape index (κ1) is 34.5. The molecule has 0 bridgehead atoms. The van der Waals surface area contributed by atoms with Crippen molar-refractivity contribution in [2.24, 2.45) is 5.41 Å². The molecule has 2 fully saturated rings. The van der Waals surface area contributed by atoms with E-state index in [0.29, 0.717) is 13.0 Å². The molecule has 3 N–H and O–H groups in total. The zero-order chi connectivity index (χ0) is 32.8. The highest BCUT2D eigenvalue weighted by Gasteiger charge is 2.50. The van der Waals surface area contributed by atoms with Gasteiger partial charge in [0, 0.05) is 26.6 Å². The Kier molecular flexibility index (Phi) is 11.4. The van der Waals surface area contributed by atoms with Crippen LogP contribution >= 0.6 is 11.3 Å². The third-order valence-corrected chi connectivity index (χ3v) is 9.31. The minimum atomic E-state index is -0.938. The maximum atomic E-state index is 14.1. The van der Waals surface area contributed by atoms with Crippen LogP contribution in [0.1, 0.15) is 77.5 Å². The molecule has 2 aromatic rings. The van der Waals surface area contributed by atoms with Crippen LogP contribution in [0.15, 0.2) is 29.8 Å². The smallest absolute Gasteiger partial charge is 0.302 e. The second kappa shape index (κ2) is 14.8. The largest absolute Gasteiger partial charge is 0.461 e. The summed E-state index contributed by atoms with van der Waals surface area (Å²) in [6.07, 6.45) is 3.25. The molecule has 0 radical (unpaired) electrons. The second-order valence-corrected chi connectivity index (χ2v) is 13.9. The minimum absolute atomic E-state index is 0.0518. The fourth-order valence-corrected chi connectivity index (χ4v) is 6.55. The van der Waals surface area contributed by atoms with E-state index in [2.05, 4.69) is 15.6 Å². The predicted molar refractivity (Wildman–Crippen MR) is 170 cm³/mol. The summed E-state index contributed by atoms with van der Waals surface area (Å²) in [6, 6.07) is 6.33. The quantitative estimate of drug-likeness (QED) is 0.210. The maximum Gasteiger partial charge on any atom is 0.302 e. The number of aromatic nitrogens is 1. The fraction of sp³-hybridized carbons (Fsp3) is 0.606. The van der Waals surface area contributed by atoms with Crippen molar-refractivity contribution < 1.29 is 33.8 Å². The van der Waals surface area contributed by atoms with Crippen LogP contribution in [-0.4, -0.2) is 83.2 Å². The van der Waals surface area contributed by atoms with Gasteiger partial charge in [0.25, 0.3) is 0 Å². The number of thiazole rings is 1. The molecule has 0 spiro atoms. The molecule has 3 amide bonds. The Hall–Kier alpha value is -3.35. The lowest BCUT2D eigenvalue weighted by atomic mass is 9.85. The van der Waals surface area contributed by atoms with E-state index in [0.717, 1.165) is 47.4 Å². The van der Waals surface area contributed by atoms with Gasteiger partial charge in [-0.15, -0.1) is 11.3 Å². The van der Waals surface area contributed by atoms with Gasteiger partial charge < -0.3 is 30.1 Å². The number of aliphatic hydroxyl groups is 1. The molecule has 1 aliphatic heterocycles.